The second-order valence-electron chi connectivity index (χ2n) is 4.53. The molecule has 1 heterocycles. The van der Waals surface area contributed by atoms with E-state index in [1.807, 2.05) is 12.1 Å². The van der Waals surface area contributed by atoms with Crippen LogP contribution in [0.2, 0.25) is 0 Å². The Hall–Kier alpha value is -1.59. The minimum atomic E-state index is -1.13. The summed E-state index contributed by atoms with van der Waals surface area (Å²) in [5, 5.41) is 15.7. The lowest BCUT2D eigenvalue weighted by Gasteiger charge is -2.21. The summed E-state index contributed by atoms with van der Waals surface area (Å²) in [6.07, 6.45) is 1.13. The molecule has 0 saturated heterocycles. The zero-order chi connectivity index (χ0) is 13.0. The number of aliphatic hydroxyl groups excluding tert-OH is 1. The molecule has 0 spiro atoms. The van der Waals surface area contributed by atoms with Crippen molar-refractivity contribution in [1.82, 2.24) is 5.32 Å². The number of nitrogens with two attached hydrogens (primary N) is 1. The normalized spacial score (nSPS) is 15.6. The number of carbonyl (C=O) groups excluding carboxylic acids is 1. The molecule has 5 heteroatoms. The standard InChI is InChI=1S/C13H19N3O2/c14-13(18)11(17)8-15-7-10-4-1-3-9-5-2-6-16-12(9)10/h1,3-4,11,15-17H,2,5-8H2,(H2,14,18). The van der Waals surface area contributed by atoms with Crippen molar-refractivity contribution in [2.75, 3.05) is 18.4 Å². The molecule has 5 N–H and O–H groups in total. The number of aliphatic hydroxyl groups is 1. The number of aryl methyl sites for hydroxylation is 1. The number of primary amides is 1. The Morgan fingerprint density at radius 2 is 2.39 bits per heavy atom. The van der Waals surface area contributed by atoms with Crippen molar-refractivity contribution in [2.45, 2.75) is 25.5 Å². The smallest absolute Gasteiger partial charge is 0.247 e. The Morgan fingerprint density at radius 1 is 1.56 bits per heavy atom. The summed E-state index contributed by atoms with van der Waals surface area (Å²) in [7, 11) is 0. The second-order valence-corrected chi connectivity index (χ2v) is 4.53. The number of benzene rings is 1. The molecule has 5 nitrogen and oxygen atoms in total. The lowest BCUT2D eigenvalue weighted by atomic mass is 9.99. The van der Waals surface area contributed by atoms with Gasteiger partial charge >= 0.3 is 0 Å². The van der Waals surface area contributed by atoms with Gasteiger partial charge in [0.15, 0.2) is 0 Å². The van der Waals surface area contributed by atoms with Gasteiger partial charge in [-0.05, 0) is 24.0 Å². The summed E-state index contributed by atoms with van der Waals surface area (Å²) in [6.45, 7) is 1.79. The first-order chi connectivity index (χ1) is 8.68. The molecule has 0 radical (unpaired) electrons. The number of hydrogen-bond acceptors (Lipinski definition) is 4. The second kappa shape index (κ2) is 5.84. The van der Waals surface area contributed by atoms with Crippen LogP contribution in [0, 0.1) is 0 Å². The van der Waals surface area contributed by atoms with Crippen molar-refractivity contribution < 1.29 is 9.90 Å². The Labute approximate surface area is 106 Å². The van der Waals surface area contributed by atoms with E-state index >= 15 is 0 Å². The third-order valence-electron chi connectivity index (χ3n) is 3.14. The molecular weight excluding hydrogens is 230 g/mol. The molecule has 0 aromatic heterocycles. The molecule has 1 aromatic rings. The summed E-state index contributed by atoms with van der Waals surface area (Å²) in [5.74, 6) is -0.698. The first-order valence-corrected chi connectivity index (χ1v) is 6.21. The number of hydrogen-bond donors (Lipinski definition) is 4. The highest BCUT2D eigenvalue weighted by molar-refractivity contribution is 5.78. The highest BCUT2D eigenvalue weighted by atomic mass is 16.3. The third-order valence-corrected chi connectivity index (χ3v) is 3.14. The Morgan fingerprint density at radius 3 is 3.17 bits per heavy atom. The maximum absolute atomic E-state index is 10.7. The van der Waals surface area contributed by atoms with Gasteiger partial charge in [0.2, 0.25) is 5.91 Å². The van der Waals surface area contributed by atoms with Crippen molar-refractivity contribution in [3.05, 3.63) is 29.3 Å². The van der Waals surface area contributed by atoms with Gasteiger partial charge in [-0.3, -0.25) is 4.79 Å². The van der Waals surface area contributed by atoms with Crippen LogP contribution in [0.4, 0.5) is 5.69 Å². The van der Waals surface area contributed by atoms with E-state index in [1.54, 1.807) is 0 Å². The predicted octanol–water partition coefficient (Wildman–Crippen LogP) is -0.0195. The number of amides is 1. The van der Waals surface area contributed by atoms with Crippen LogP contribution in [0.15, 0.2) is 18.2 Å². The van der Waals surface area contributed by atoms with E-state index in [9.17, 15) is 9.90 Å². The van der Waals surface area contributed by atoms with Crippen LogP contribution in [-0.2, 0) is 17.8 Å². The molecule has 98 valence electrons. The fraction of sp³-hybridized carbons (Fsp3) is 0.462. The summed E-state index contributed by atoms with van der Waals surface area (Å²) in [6, 6.07) is 6.21. The van der Waals surface area contributed by atoms with E-state index in [0.717, 1.165) is 24.9 Å². The zero-order valence-corrected chi connectivity index (χ0v) is 10.3. The number of rotatable bonds is 5. The molecule has 1 atom stereocenters. The molecule has 0 bridgehead atoms. The minimum absolute atomic E-state index is 0.180. The van der Waals surface area contributed by atoms with Crippen LogP contribution in [0.1, 0.15) is 17.5 Å². The van der Waals surface area contributed by atoms with Crippen LogP contribution < -0.4 is 16.4 Å². The molecule has 0 aliphatic carbocycles. The summed E-state index contributed by atoms with van der Waals surface area (Å²) in [5.41, 5.74) is 8.66. The Kier molecular flexibility index (Phi) is 4.17. The van der Waals surface area contributed by atoms with Crippen LogP contribution in [-0.4, -0.2) is 30.2 Å². The average Bonchev–Trinajstić information content (AvgIpc) is 2.38. The van der Waals surface area contributed by atoms with Gasteiger partial charge in [0.05, 0.1) is 0 Å². The number of fused-ring (bicyclic) bond motifs is 1. The van der Waals surface area contributed by atoms with E-state index < -0.39 is 12.0 Å². The first-order valence-electron chi connectivity index (χ1n) is 6.21. The van der Waals surface area contributed by atoms with Crippen LogP contribution in [0.5, 0.6) is 0 Å². The molecule has 0 fully saturated rings. The minimum Gasteiger partial charge on any atom is -0.385 e. The van der Waals surface area contributed by atoms with Crippen molar-refractivity contribution in [3.63, 3.8) is 0 Å². The van der Waals surface area contributed by atoms with Gasteiger partial charge in [-0.1, -0.05) is 18.2 Å². The average molecular weight is 249 g/mol. The number of anilines is 1. The summed E-state index contributed by atoms with van der Waals surface area (Å²) in [4.78, 5) is 10.7. The fourth-order valence-electron chi connectivity index (χ4n) is 2.17. The molecule has 1 aliphatic rings. The van der Waals surface area contributed by atoms with E-state index in [1.165, 1.54) is 11.3 Å². The van der Waals surface area contributed by atoms with Crippen molar-refractivity contribution in [1.29, 1.82) is 0 Å². The Bertz CT molecular complexity index is 434. The van der Waals surface area contributed by atoms with E-state index in [4.69, 9.17) is 5.73 Å². The lowest BCUT2D eigenvalue weighted by molar-refractivity contribution is -0.125. The van der Waals surface area contributed by atoms with Gasteiger partial charge in [0, 0.05) is 25.3 Å². The van der Waals surface area contributed by atoms with Gasteiger partial charge in [0.25, 0.3) is 0 Å². The van der Waals surface area contributed by atoms with Gasteiger partial charge in [-0.25, -0.2) is 0 Å². The monoisotopic (exact) mass is 249 g/mol. The Balaban J connectivity index is 1.95. The van der Waals surface area contributed by atoms with Crippen LogP contribution >= 0.6 is 0 Å². The summed E-state index contributed by atoms with van der Waals surface area (Å²) < 4.78 is 0. The number of carbonyl (C=O) groups is 1. The van der Waals surface area contributed by atoms with Crippen LogP contribution in [0.25, 0.3) is 0 Å². The van der Waals surface area contributed by atoms with Crippen molar-refractivity contribution in [3.8, 4) is 0 Å². The molecule has 1 unspecified atom stereocenters. The quantitative estimate of drug-likeness (QED) is 0.590. The topological polar surface area (TPSA) is 87.4 Å². The molecule has 18 heavy (non-hydrogen) atoms. The highest BCUT2D eigenvalue weighted by Crippen LogP contribution is 2.25. The van der Waals surface area contributed by atoms with E-state index in [0.29, 0.717) is 6.54 Å². The maximum atomic E-state index is 10.7. The molecule has 1 amide bonds. The largest absolute Gasteiger partial charge is 0.385 e. The molecule has 0 saturated carbocycles. The number of nitrogens with one attached hydrogen (secondary N) is 2. The SMILES string of the molecule is NC(=O)C(O)CNCc1cccc2c1NCCC2. The fourth-order valence-corrected chi connectivity index (χ4v) is 2.17. The van der Waals surface area contributed by atoms with Gasteiger partial charge < -0.3 is 21.5 Å². The molecule has 2 rings (SSSR count). The van der Waals surface area contributed by atoms with Gasteiger partial charge in [-0.2, -0.15) is 0 Å². The molecular formula is C13H19N3O2. The zero-order valence-electron chi connectivity index (χ0n) is 10.3. The highest BCUT2D eigenvalue weighted by Gasteiger charge is 2.13. The summed E-state index contributed by atoms with van der Waals surface area (Å²) >= 11 is 0. The van der Waals surface area contributed by atoms with E-state index in [-0.39, 0.29) is 6.54 Å². The van der Waals surface area contributed by atoms with Gasteiger partial charge in [-0.15, -0.1) is 0 Å². The molecule has 1 aromatic carbocycles. The predicted molar refractivity (Wildman–Crippen MR) is 70.2 cm³/mol. The molecule has 1 aliphatic heterocycles. The maximum Gasteiger partial charge on any atom is 0.247 e. The van der Waals surface area contributed by atoms with Crippen molar-refractivity contribution in [2.24, 2.45) is 5.73 Å². The van der Waals surface area contributed by atoms with Gasteiger partial charge in [0.1, 0.15) is 6.10 Å². The number of para-hydroxylation sites is 1. The third kappa shape index (κ3) is 3.00. The lowest BCUT2D eigenvalue weighted by Crippen LogP contribution is -2.37. The van der Waals surface area contributed by atoms with Crippen molar-refractivity contribution >= 4 is 11.6 Å². The van der Waals surface area contributed by atoms with Crippen LogP contribution in [0.3, 0.4) is 0 Å². The first kappa shape index (κ1) is 12.9. The van der Waals surface area contributed by atoms with E-state index in [2.05, 4.69) is 16.7 Å².